The lowest BCUT2D eigenvalue weighted by molar-refractivity contribution is -0.131. The van der Waals surface area contributed by atoms with Crippen LogP contribution in [0, 0.1) is 5.92 Å². The van der Waals surface area contributed by atoms with Crippen LogP contribution in [0.15, 0.2) is 29.3 Å². The van der Waals surface area contributed by atoms with E-state index in [4.69, 9.17) is 0 Å². The molecule has 1 atom stereocenters. The van der Waals surface area contributed by atoms with Gasteiger partial charge in [-0.1, -0.05) is 31.2 Å². The second-order valence-electron chi connectivity index (χ2n) is 4.15. The van der Waals surface area contributed by atoms with Gasteiger partial charge in [0.05, 0.1) is 19.0 Å². The lowest BCUT2D eigenvalue weighted by atomic mass is 10.1. The number of hydrogen-bond acceptors (Lipinski definition) is 2. The molecule has 0 bridgehead atoms. The number of hydrogen-bond donors (Lipinski definition) is 0. The number of carbonyl (C=O) groups is 1. The molecule has 0 radical (unpaired) electrons. The zero-order valence-electron chi connectivity index (χ0n) is 8.60. The Morgan fingerprint density at radius 1 is 1.40 bits per heavy atom. The van der Waals surface area contributed by atoms with Crippen LogP contribution in [-0.2, 0) is 11.3 Å². The molecule has 3 nitrogen and oxygen atoms in total. The number of fused-ring (bicyclic) bond motifs is 3. The molecule has 0 saturated carbocycles. The van der Waals surface area contributed by atoms with Crippen LogP contribution in [0.5, 0.6) is 0 Å². The van der Waals surface area contributed by atoms with E-state index >= 15 is 0 Å². The van der Waals surface area contributed by atoms with Crippen LogP contribution < -0.4 is 0 Å². The van der Waals surface area contributed by atoms with Gasteiger partial charge in [0.1, 0.15) is 5.84 Å². The molecule has 0 saturated heterocycles. The fraction of sp³-hybridized carbons (Fsp3) is 0.333. The highest BCUT2D eigenvalue weighted by Crippen LogP contribution is 2.27. The summed E-state index contributed by atoms with van der Waals surface area (Å²) in [5.74, 6) is 1.10. The van der Waals surface area contributed by atoms with E-state index < -0.39 is 0 Å². The number of rotatable bonds is 0. The predicted molar refractivity (Wildman–Crippen MR) is 57.6 cm³/mol. The van der Waals surface area contributed by atoms with E-state index in [0.717, 1.165) is 11.4 Å². The van der Waals surface area contributed by atoms with E-state index in [9.17, 15) is 4.79 Å². The molecule has 15 heavy (non-hydrogen) atoms. The SMILES string of the molecule is CC1CN=C2c3ccccc3CN2C1=O. The van der Waals surface area contributed by atoms with E-state index in [1.165, 1.54) is 5.56 Å². The maximum atomic E-state index is 11.9. The van der Waals surface area contributed by atoms with E-state index in [0.29, 0.717) is 13.1 Å². The molecule has 2 aliphatic rings. The minimum absolute atomic E-state index is 0.0306. The molecule has 0 N–H and O–H groups in total. The van der Waals surface area contributed by atoms with Crippen molar-refractivity contribution in [3.05, 3.63) is 35.4 Å². The van der Waals surface area contributed by atoms with Crippen LogP contribution in [0.2, 0.25) is 0 Å². The minimum Gasteiger partial charge on any atom is -0.292 e. The summed E-state index contributed by atoms with van der Waals surface area (Å²) in [6, 6.07) is 8.10. The quantitative estimate of drug-likeness (QED) is 0.623. The zero-order chi connectivity index (χ0) is 10.4. The van der Waals surface area contributed by atoms with Gasteiger partial charge in [-0.2, -0.15) is 0 Å². The van der Waals surface area contributed by atoms with Crippen LogP contribution in [-0.4, -0.2) is 23.2 Å². The number of nitrogens with zero attached hydrogens (tertiary/aromatic N) is 2. The largest absolute Gasteiger partial charge is 0.292 e. The third-order valence-corrected chi connectivity index (χ3v) is 3.04. The molecule has 1 unspecified atom stereocenters. The maximum Gasteiger partial charge on any atom is 0.233 e. The van der Waals surface area contributed by atoms with Crippen LogP contribution in [0.1, 0.15) is 18.1 Å². The Morgan fingerprint density at radius 2 is 2.20 bits per heavy atom. The highest BCUT2D eigenvalue weighted by molar-refractivity contribution is 6.12. The third-order valence-electron chi connectivity index (χ3n) is 3.04. The Balaban J connectivity index is 2.11. The molecule has 76 valence electrons. The summed E-state index contributed by atoms with van der Waals surface area (Å²) in [5, 5.41) is 0. The second-order valence-corrected chi connectivity index (χ2v) is 4.15. The highest BCUT2D eigenvalue weighted by atomic mass is 16.2. The standard InChI is InChI=1S/C12H12N2O/c1-8-6-13-11-10-5-3-2-4-9(10)7-14(11)12(8)15/h2-5,8H,6-7H2,1H3. The van der Waals surface area contributed by atoms with Gasteiger partial charge in [0.25, 0.3) is 0 Å². The van der Waals surface area contributed by atoms with E-state index in [1.54, 1.807) is 4.90 Å². The molecule has 2 heterocycles. The smallest absolute Gasteiger partial charge is 0.233 e. The number of amides is 1. The first-order valence-electron chi connectivity index (χ1n) is 5.21. The van der Waals surface area contributed by atoms with Crippen LogP contribution in [0.4, 0.5) is 0 Å². The van der Waals surface area contributed by atoms with Crippen LogP contribution in [0.3, 0.4) is 0 Å². The van der Waals surface area contributed by atoms with Crippen molar-refractivity contribution in [2.45, 2.75) is 13.5 Å². The Labute approximate surface area is 88.4 Å². The zero-order valence-corrected chi connectivity index (χ0v) is 8.60. The molecule has 0 fully saturated rings. The van der Waals surface area contributed by atoms with Gasteiger partial charge in [0, 0.05) is 5.56 Å². The molecular weight excluding hydrogens is 188 g/mol. The van der Waals surface area contributed by atoms with E-state index in [1.807, 2.05) is 25.1 Å². The lowest BCUT2D eigenvalue weighted by Gasteiger charge is -2.25. The second kappa shape index (κ2) is 2.92. The Kier molecular flexibility index (Phi) is 1.69. The topological polar surface area (TPSA) is 32.7 Å². The van der Waals surface area contributed by atoms with Crippen molar-refractivity contribution in [3.8, 4) is 0 Å². The molecule has 0 aromatic heterocycles. The molecule has 2 aliphatic heterocycles. The van der Waals surface area contributed by atoms with Gasteiger partial charge in [0.15, 0.2) is 0 Å². The van der Waals surface area contributed by atoms with Crippen molar-refractivity contribution >= 4 is 11.7 Å². The molecule has 1 amide bonds. The summed E-state index contributed by atoms with van der Waals surface area (Å²) in [5.41, 5.74) is 2.33. The Morgan fingerprint density at radius 3 is 3.07 bits per heavy atom. The van der Waals surface area contributed by atoms with Gasteiger partial charge in [-0.3, -0.25) is 14.7 Å². The summed E-state index contributed by atoms with van der Waals surface area (Å²) in [4.78, 5) is 18.2. The lowest BCUT2D eigenvalue weighted by Crippen LogP contribution is -2.40. The Hall–Kier alpha value is -1.64. The van der Waals surface area contributed by atoms with Crippen LogP contribution >= 0.6 is 0 Å². The molecule has 0 aliphatic carbocycles. The van der Waals surface area contributed by atoms with Gasteiger partial charge in [-0.15, -0.1) is 0 Å². The predicted octanol–water partition coefficient (Wildman–Crippen LogP) is 1.43. The van der Waals surface area contributed by atoms with Crippen molar-refractivity contribution < 1.29 is 4.79 Å². The summed E-state index contributed by atoms with van der Waals surface area (Å²) < 4.78 is 0. The van der Waals surface area contributed by atoms with Crippen molar-refractivity contribution in [2.24, 2.45) is 10.9 Å². The maximum absolute atomic E-state index is 11.9. The number of benzene rings is 1. The fourth-order valence-electron chi connectivity index (χ4n) is 2.19. The summed E-state index contributed by atoms with van der Waals surface area (Å²) in [6.45, 7) is 3.25. The minimum atomic E-state index is 0.0306. The fourth-order valence-corrected chi connectivity index (χ4v) is 2.19. The Bertz CT molecular complexity index is 464. The average molecular weight is 200 g/mol. The summed E-state index contributed by atoms with van der Waals surface area (Å²) >= 11 is 0. The van der Waals surface area contributed by atoms with Crippen molar-refractivity contribution in [1.82, 2.24) is 4.90 Å². The molecule has 3 rings (SSSR count). The normalized spacial score (nSPS) is 23.5. The number of amidine groups is 1. The van der Waals surface area contributed by atoms with E-state index in [2.05, 4.69) is 11.1 Å². The summed E-state index contributed by atoms with van der Waals surface area (Å²) in [6.07, 6.45) is 0. The number of carbonyl (C=O) groups excluding carboxylic acids is 1. The third kappa shape index (κ3) is 1.12. The van der Waals surface area contributed by atoms with Gasteiger partial charge >= 0.3 is 0 Å². The van der Waals surface area contributed by atoms with Gasteiger partial charge in [0.2, 0.25) is 5.91 Å². The van der Waals surface area contributed by atoms with Gasteiger partial charge in [-0.05, 0) is 5.56 Å². The van der Waals surface area contributed by atoms with Gasteiger partial charge in [-0.25, -0.2) is 0 Å². The molecule has 1 aromatic rings. The van der Waals surface area contributed by atoms with Crippen LogP contribution in [0.25, 0.3) is 0 Å². The van der Waals surface area contributed by atoms with Crippen molar-refractivity contribution in [3.63, 3.8) is 0 Å². The molecule has 0 spiro atoms. The molecule has 1 aromatic carbocycles. The first-order chi connectivity index (χ1) is 7.27. The van der Waals surface area contributed by atoms with Crippen molar-refractivity contribution in [2.75, 3.05) is 6.54 Å². The highest BCUT2D eigenvalue weighted by Gasteiger charge is 2.35. The number of aliphatic imine (C=N–C) groups is 1. The monoisotopic (exact) mass is 200 g/mol. The first kappa shape index (κ1) is 8.65. The summed E-state index contributed by atoms with van der Waals surface area (Å²) in [7, 11) is 0. The van der Waals surface area contributed by atoms with Gasteiger partial charge < -0.3 is 0 Å². The first-order valence-corrected chi connectivity index (χ1v) is 5.21. The van der Waals surface area contributed by atoms with Crippen molar-refractivity contribution in [1.29, 1.82) is 0 Å². The molecule has 3 heteroatoms. The molecular formula is C12H12N2O. The van der Waals surface area contributed by atoms with E-state index in [-0.39, 0.29) is 11.8 Å². The average Bonchev–Trinajstić information content (AvgIpc) is 2.63.